The number of nitrogens with one attached hydrogen (secondary N) is 1. The number of carbonyl (C=O) groups is 2. The smallest absolute Gasteiger partial charge is 0.338 e. The minimum atomic E-state index is -0.980. The molecule has 0 aromatic carbocycles. The molecule has 0 unspecified atom stereocenters. The predicted octanol–water partition coefficient (Wildman–Crippen LogP) is 6.58. The number of hydrogen-bond acceptors (Lipinski definition) is 11. The fraction of sp³-hybridized carbons (Fsp3) is 0.227. The van der Waals surface area contributed by atoms with Crippen LogP contribution in [0.2, 0.25) is 0 Å². The Morgan fingerprint density at radius 2 is 1.19 bits per heavy atom. The van der Waals surface area contributed by atoms with Gasteiger partial charge in [0.05, 0.1) is 111 Å². The molecule has 23 heteroatoms. The van der Waals surface area contributed by atoms with Gasteiger partial charge in [-0.3, -0.25) is 14.2 Å². The zero-order valence-corrected chi connectivity index (χ0v) is 38.3. The number of nitrogens with zero attached hydrogens (tertiary/aromatic N) is 14. The number of rotatable bonds is 11. The molecule has 2 aliphatic rings. The van der Waals surface area contributed by atoms with Crippen molar-refractivity contribution in [1.29, 1.82) is 0 Å². The van der Waals surface area contributed by atoms with E-state index in [4.69, 9.17) is 10.8 Å². The van der Waals surface area contributed by atoms with E-state index in [-0.39, 0.29) is 30.4 Å². The normalized spacial score (nSPS) is 13.5. The second-order valence-electron chi connectivity index (χ2n) is 16.0. The third-order valence-electron chi connectivity index (χ3n) is 11.1. The van der Waals surface area contributed by atoms with Crippen LogP contribution < -0.4 is 11.1 Å². The number of imidazole rings is 4. The van der Waals surface area contributed by atoms with Crippen LogP contribution in [0.3, 0.4) is 0 Å². The highest BCUT2D eigenvalue weighted by Gasteiger charge is 2.26. The molecule has 2 saturated carbocycles. The van der Waals surface area contributed by atoms with Crippen LogP contribution in [0.25, 0.3) is 22.3 Å². The maximum atomic E-state index is 14.4. The number of nitrogens with two attached hydrogens (primary N) is 1. The zero-order chi connectivity index (χ0) is 46.3. The molecule has 0 spiro atoms. The highest BCUT2D eigenvalue weighted by atomic mass is 79.9. The van der Waals surface area contributed by atoms with Gasteiger partial charge < -0.3 is 25.0 Å². The topological polar surface area (TPSA) is 223 Å². The summed E-state index contributed by atoms with van der Waals surface area (Å²) in [5.41, 5.74) is 13.2. The Bertz CT molecular complexity index is 3470. The van der Waals surface area contributed by atoms with E-state index in [1.807, 2.05) is 36.7 Å². The number of halogens is 4. The molecule has 0 aliphatic heterocycles. The fourth-order valence-electron chi connectivity index (χ4n) is 7.41. The molecule has 340 valence electrons. The van der Waals surface area contributed by atoms with Crippen LogP contribution in [-0.2, 0) is 26.2 Å². The van der Waals surface area contributed by atoms with Crippen LogP contribution >= 0.6 is 31.9 Å². The Morgan fingerprint density at radius 3 is 1.69 bits per heavy atom. The Hall–Kier alpha value is -7.24. The van der Waals surface area contributed by atoms with Gasteiger partial charge in [0.15, 0.2) is 22.9 Å². The van der Waals surface area contributed by atoms with Gasteiger partial charge in [-0.15, -0.1) is 0 Å². The lowest BCUT2D eigenvalue weighted by molar-refractivity contribution is 0.0696. The maximum Gasteiger partial charge on any atom is 0.338 e. The molecular formula is C44H38Br2F2N16O3. The number of aromatic carboxylic acids is 1. The number of fused-ring (bicyclic) bond motifs is 4. The van der Waals surface area contributed by atoms with Crippen LogP contribution in [0.5, 0.6) is 0 Å². The number of carboxylic acids is 1. The number of amides is 1. The van der Waals surface area contributed by atoms with Crippen molar-refractivity contribution in [2.75, 3.05) is 0 Å². The van der Waals surface area contributed by atoms with Gasteiger partial charge in [-0.2, -0.15) is 20.4 Å². The molecule has 2 fully saturated rings. The van der Waals surface area contributed by atoms with Crippen molar-refractivity contribution in [1.82, 2.24) is 72.8 Å². The average Bonchev–Trinajstić information content (AvgIpc) is 3.90. The summed E-state index contributed by atoms with van der Waals surface area (Å²) in [6.07, 6.45) is 21.1. The second kappa shape index (κ2) is 18.2. The first-order valence-electron chi connectivity index (χ1n) is 21.0. The third kappa shape index (κ3) is 9.42. The van der Waals surface area contributed by atoms with Crippen molar-refractivity contribution in [2.24, 2.45) is 5.73 Å². The van der Waals surface area contributed by atoms with Crippen LogP contribution in [0, 0.1) is 11.6 Å². The SMILES string of the molecule is NCc1ncn2ccc(Br)c(F)c12.O=C(NCc1ncn2ccc(Br)c(F)c12)c1cnn(Cc2cn3nc(C4CC4)ccc3n2)c1.O=C(O)c1cnn(Cc2cn3nc(C4CC4)ccc3n2)c1. The molecule has 0 saturated heterocycles. The highest BCUT2D eigenvalue weighted by Crippen LogP contribution is 2.39. The summed E-state index contributed by atoms with van der Waals surface area (Å²) in [6.45, 7) is 1.18. The first kappa shape index (κ1) is 43.6. The zero-order valence-electron chi connectivity index (χ0n) is 35.2. The van der Waals surface area contributed by atoms with Gasteiger partial charge in [-0.1, -0.05) is 0 Å². The minimum Gasteiger partial charge on any atom is -0.478 e. The van der Waals surface area contributed by atoms with Gasteiger partial charge in [0.2, 0.25) is 0 Å². The van der Waals surface area contributed by atoms with Crippen molar-refractivity contribution in [3.05, 3.63) is 164 Å². The maximum absolute atomic E-state index is 14.4. The summed E-state index contributed by atoms with van der Waals surface area (Å²) in [7, 11) is 0. The molecule has 0 bridgehead atoms. The second-order valence-corrected chi connectivity index (χ2v) is 17.7. The summed E-state index contributed by atoms with van der Waals surface area (Å²) in [5.74, 6) is -0.857. The quantitative estimate of drug-likeness (QED) is 0.125. The molecular weight excluding hydrogens is 998 g/mol. The van der Waals surface area contributed by atoms with Gasteiger partial charge >= 0.3 is 5.97 Å². The van der Waals surface area contributed by atoms with Crippen molar-refractivity contribution < 1.29 is 23.5 Å². The van der Waals surface area contributed by atoms with E-state index in [0.29, 0.717) is 61.9 Å². The Morgan fingerprint density at radius 1 is 0.701 bits per heavy atom. The van der Waals surface area contributed by atoms with E-state index in [1.165, 1.54) is 50.6 Å². The van der Waals surface area contributed by atoms with Gasteiger partial charge in [-0.25, -0.2) is 42.5 Å². The lowest BCUT2D eigenvalue weighted by atomic mass is 10.3. The van der Waals surface area contributed by atoms with Crippen molar-refractivity contribution >= 4 is 66.1 Å². The Balaban J connectivity index is 0.000000131. The van der Waals surface area contributed by atoms with Crippen LogP contribution in [-0.4, -0.2) is 84.5 Å². The van der Waals surface area contributed by atoms with Gasteiger partial charge in [0, 0.05) is 43.2 Å². The number of pyridine rings is 2. The number of aromatic nitrogens is 14. The predicted molar refractivity (Wildman–Crippen MR) is 244 cm³/mol. The van der Waals surface area contributed by atoms with Gasteiger partial charge in [-0.05, 0) is 93.9 Å². The molecule has 10 aromatic rings. The summed E-state index contributed by atoms with van der Waals surface area (Å²) in [5, 5.41) is 29.2. The van der Waals surface area contributed by atoms with Crippen LogP contribution in [0.15, 0.2) is 108 Å². The van der Waals surface area contributed by atoms with E-state index in [9.17, 15) is 18.4 Å². The van der Waals surface area contributed by atoms with Gasteiger partial charge in [0.1, 0.15) is 11.0 Å². The number of carboxylic acid groups (broad SMARTS) is 1. The number of hydrogen-bond donors (Lipinski definition) is 3. The van der Waals surface area contributed by atoms with E-state index < -0.39 is 11.8 Å². The Kier molecular flexibility index (Phi) is 11.9. The third-order valence-corrected chi connectivity index (χ3v) is 12.4. The fourth-order valence-corrected chi connectivity index (χ4v) is 8.02. The summed E-state index contributed by atoms with van der Waals surface area (Å²) < 4.78 is 38.7. The molecule has 0 radical (unpaired) electrons. The average molecular weight is 1040 g/mol. The number of carbonyl (C=O) groups excluding carboxylic acids is 1. The van der Waals surface area contributed by atoms with E-state index in [2.05, 4.69) is 77.5 Å². The molecule has 10 heterocycles. The standard InChI is InChI=1S/C22H18BrFN8O.C14H13N5O2.C8H7BrFN3/c23-16-5-6-30-12-26-18(21(30)20(16)24)8-25-22(33)14-7-27-31(9-14)10-15-11-32-19(28-15)4-3-17(29-32)13-1-2-13;20-14(21)10-5-15-18(6-10)7-11-8-19-13(16-11)4-3-12(17-19)9-1-2-9;9-5-1-2-13-4-12-6(3-11)8(13)7(5)10/h3-7,9,11-13H,1-2,8,10H2,(H,25,33);3-6,8-9H,1-2,7H2,(H,20,21);1-2,4H,3,11H2. The van der Waals surface area contributed by atoms with Crippen molar-refractivity contribution in [2.45, 2.75) is 63.7 Å². The first-order chi connectivity index (χ1) is 32.5. The van der Waals surface area contributed by atoms with Crippen molar-refractivity contribution in [3.8, 4) is 0 Å². The molecule has 10 aromatic heterocycles. The summed E-state index contributed by atoms with van der Waals surface area (Å²) in [6, 6.07) is 11.2. The largest absolute Gasteiger partial charge is 0.478 e. The first-order valence-corrected chi connectivity index (χ1v) is 22.6. The monoisotopic (exact) mass is 1030 g/mol. The molecule has 1 amide bonds. The van der Waals surface area contributed by atoms with E-state index in [1.54, 1.807) is 64.2 Å². The minimum absolute atomic E-state index is 0.0926. The van der Waals surface area contributed by atoms with E-state index >= 15 is 0 Å². The summed E-state index contributed by atoms with van der Waals surface area (Å²) in [4.78, 5) is 40.7. The Labute approximate surface area is 394 Å². The van der Waals surface area contributed by atoms with Crippen molar-refractivity contribution in [3.63, 3.8) is 0 Å². The van der Waals surface area contributed by atoms with Crippen LogP contribution in [0.4, 0.5) is 8.78 Å². The molecule has 67 heavy (non-hydrogen) atoms. The molecule has 2 aliphatic carbocycles. The van der Waals surface area contributed by atoms with Gasteiger partial charge in [0.25, 0.3) is 5.91 Å². The highest BCUT2D eigenvalue weighted by molar-refractivity contribution is 9.10. The van der Waals surface area contributed by atoms with Crippen LogP contribution in [0.1, 0.15) is 92.4 Å². The molecule has 0 atom stereocenters. The molecule has 4 N–H and O–H groups in total. The lowest BCUT2D eigenvalue weighted by Gasteiger charge is -2.04. The molecule has 12 rings (SSSR count). The molecule has 19 nitrogen and oxygen atoms in total. The lowest BCUT2D eigenvalue weighted by Crippen LogP contribution is -2.22. The van der Waals surface area contributed by atoms with E-state index in [0.717, 1.165) is 34.1 Å². The summed E-state index contributed by atoms with van der Waals surface area (Å²) >= 11 is 6.29.